The van der Waals surface area contributed by atoms with Gasteiger partial charge >= 0.3 is 0 Å². The van der Waals surface area contributed by atoms with Gasteiger partial charge < -0.3 is 10.1 Å². The average Bonchev–Trinajstić information content (AvgIpc) is 3.21. The van der Waals surface area contributed by atoms with E-state index in [2.05, 4.69) is 9.69 Å². The number of ether oxygens (including phenoxy) is 1. The number of carbonyl (C=O) groups excluding carboxylic acids is 2. The Balaban J connectivity index is 1.81. The highest BCUT2D eigenvalue weighted by atomic mass is 35.5. The van der Waals surface area contributed by atoms with Crippen LogP contribution in [0.25, 0.3) is 0 Å². The van der Waals surface area contributed by atoms with E-state index in [0.717, 1.165) is 43.6 Å². The molecule has 0 aliphatic heterocycles. The molecule has 1 aromatic heterocycles. The Morgan fingerprint density at radius 2 is 1.74 bits per heavy atom. The number of rotatable bonds is 7. The Labute approximate surface area is 217 Å². The average molecular weight is 536 g/mol. The molecular weight excluding hydrogens is 512 g/mol. The summed E-state index contributed by atoms with van der Waals surface area (Å²) in [6.45, 7) is 0. The lowest BCUT2D eigenvalue weighted by atomic mass is 9.94. The third kappa shape index (κ3) is 5.77. The molecule has 1 aliphatic carbocycles. The lowest BCUT2D eigenvalue weighted by Gasteiger charge is -2.33. The van der Waals surface area contributed by atoms with Crippen LogP contribution in [0.3, 0.4) is 0 Å². The Kier molecular flexibility index (Phi) is 8.26. The van der Waals surface area contributed by atoms with Gasteiger partial charge in [0, 0.05) is 11.7 Å². The molecule has 0 spiro atoms. The molecule has 1 atom stereocenters. The second kappa shape index (κ2) is 11.4. The van der Waals surface area contributed by atoms with Gasteiger partial charge in [-0.25, -0.2) is 4.39 Å². The number of methoxy groups -OCH3 is 1. The van der Waals surface area contributed by atoms with Gasteiger partial charge in [0.25, 0.3) is 5.91 Å². The van der Waals surface area contributed by atoms with Crippen LogP contribution >= 0.6 is 34.7 Å². The summed E-state index contributed by atoms with van der Waals surface area (Å²) >= 11 is 13.2. The summed E-state index contributed by atoms with van der Waals surface area (Å²) in [7, 11) is 1.55. The van der Waals surface area contributed by atoms with Crippen LogP contribution < -0.4 is 15.0 Å². The van der Waals surface area contributed by atoms with Crippen LogP contribution in [0, 0.1) is 5.82 Å². The van der Waals surface area contributed by atoms with Crippen LogP contribution in [0.5, 0.6) is 5.75 Å². The quantitative estimate of drug-likeness (QED) is 0.378. The molecule has 184 valence electrons. The van der Waals surface area contributed by atoms with Crippen molar-refractivity contribution in [1.82, 2.24) is 9.69 Å². The molecule has 0 saturated heterocycles. The molecule has 0 bridgehead atoms. The van der Waals surface area contributed by atoms with E-state index in [1.807, 2.05) is 0 Å². The fourth-order valence-corrected chi connectivity index (χ4v) is 5.21. The van der Waals surface area contributed by atoms with Crippen molar-refractivity contribution in [2.45, 2.75) is 44.2 Å². The van der Waals surface area contributed by atoms with Crippen LogP contribution in [-0.4, -0.2) is 29.3 Å². The summed E-state index contributed by atoms with van der Waals surface area (Å²) in [5.41, 5.74) is 0.792. The molecule has 1 saturated carbocycles. The van der Waals surface area contributed by atoms with Gasteiger partial charge in [-0.1, -0.05) is 54.6 Å². The second-order valence-corrected chi connectivity index (χ2v) is 10.0. The Morgan fingerprint density at radius 3 is 2.31 bits per heavy atom. The molecule has 0 radical (unpaired) electrons. The van der Waals surface area contributed by atoms with Crippen LogP contribution in [-0.2, 0) is 4.79 Å². The van der Waals surface area contributed by atoms with Gasteiger partial charge in [-0.05, 0) is 66.3 Å². The van der Waals surface area contributed by atoms with Crippen molar-refractivity contribution in [2.75, 3.05) is 12.0 Å². The second-order valence-electron chi connectivity index (χ2n) is 8.29. The normalized spacial score (nSPS) is 14.9. The maximum Gasteiger partial charge on any atom is 0.280 e. The van der Waals surface area contributed by atoms with Gasteiger partial charge in [-0.3, -0.25) is 14.5 Å². The van der Waals surface area contributed by atoms with Gasteiger partial charge in [0.05, 0.1) is 7.11 Å². The van der Waals surface area contributed by atoms with E-state index in [0.29, 0.717) is 17.0 Å². The van der Waals surface area contributed by atoms with Gasteiger partial charge in [0.15, 0.2) is 5.69 Å². The number of amides is 2. The molecule has 1 fully saturated rings. The zero-order chi connectivity index (χ0) is 24.9. The third-order valence-corrected chi connectivity index (χ3v) is 7.62. The smallest absolute Gasteiger partial charge is 0.280 e. The fourth-order valence-electron chi connectivity index (χ4n) is 4.22. The van der Waals surface area contributed by atoms with Crippen LogP contribution in [0.15, 0.2) is 48.5 Å². The highest BCUT2D eigenvalue weighted by molar-refractivity contribution is 7.11. The lowest BCUT2D eigenvalue weighted by Crippen LogP contribution is -2.47. The summed E-state index contributed by atoms with van der Waals surface area (Å²) in [5.74, 6) is -0.834. The Bertz CT molecular complexity index is 1180. The summed E-state index contributed by atoms with van der Waals surface area (Å²) in [6, 6.07) is 11.2. The van der Waals surface area contributed by atoms with E-state index in [1.54, 1.807) is 31.4 Å². The van der Waals surface area contributed by atoms with Crippen molar-refractivity contribution < 1.29 is 18.7 Å². The molecule has 1 heterocycles. The van der Waals surface area contributed by atoms with E-state index in [4.69, 9.17) is 27.9 Å². The van der Waals surface area contributed by atoms with E-state index in [9.17, 15) is 14.0 Å². The fraction of sp³-hybridized carbons (Fsp3) is 0.320. The van der Waals surface area contributed by atoms with Crippen LogP contribution in [0.2, 0.25) is 9.36 Å². The molecule has 3 aromatic rings. The predicted molar refractivity (Wildman–Crippen MR) is 136 cm³/mol. The van der Waals surface area contributed by atoms with Crippen molar-refractivity contribution in [1.29, 1.82) is 0 Å². The molecule has 35 heavy (non-hydrogen) atoms. The molecule has 4 rings (SSSR count). The third-order valence-electron chi connectivity index (χ3n) is 6.01. The largest absolute Gasteiger partial charge is 0.497 e. The molecule has 1 aliphatic rings. The van der Waals surface area contributed by atoms with Crippen molar-refractivity contribution in [3.63, 3.8) is 0 Å². The Hall–Kier alpha value is -2.68. The van der Waals surface area contributed by atoms with Crippen molar-refractivity contribution >= 4 is 52.2 Å². The van der Waals surface area contributed by atoms with E-state index in [1.165, 1.54) is 29.2 Å². The molecule has 10 heteroatoms. The molecular formula is C25H24Cl2FN3O3S. The maximum atomic E-state index is 13.8. The summed E-state index contributed by atoms with van der Waals surface area (Å²) in [5, 5.41) is 3.13. The van der Waals surface area contributed by atoms with E-state index >= 15 is 0 Å². The zero-order valence-corrected chi connectivity index (χ0v) is 21.3. The van der Waals surface area contributed by atoms with Crippen molar-refractivity contribution in [3.8, 4) is 5.75 Å². The first-order chi connectivity index (χ1) is 16.9. The van der Waals surface area contributed by atoms with Gasteiger partial charge in [-0.2, -0.15) is 4.37 Å². The number of nitrogens with one attached hydrogen (secondary N) is 1. The van der Waals surface area contributed by atoms with Gasteiger partial charge in [0.1, 0.15) is 27.0 Å². The number of nitrogens with zero attached hydrogens (tertiary/aromatic N) is 2. The first kappa shape index (κ1) is 25.4. The molecule has 0 unspecified atom stereocenters. The minimum absolute atomic E-state index is 0.00921. The van der Waals surface area contributed by atoms with E-state index in [-0.39, 0.29) is 27.0 Å². The summed E-state index contributed by atoms with van der Waals surface area (Å²) in [4.78, 5) is 28.9. The molecule has 1 N–H and O–H groups in total. The predicted octanol–water partition coefficient (Wildman–Crippen LogP) is 6.43. The number of carbonyl (C=O) groups is 2. The maximum absolute atomic E-state index is 13.8. The van der Waals surface area contributed by atoms with Gasteiger partial charge in [-0.15, -0.1) is 0 Å². The number of anilines is 1. The van der Waals surface area contributed by atoms with Crippen LogP contribution in [0.4, 0.5) is 10.1 Å². The van der Waals surface area contributed by atoms with Crippen LogP contribution in [0.1, 0.15) is 54.2 Å². The summed E-state index contributed by atoms with van der Waals surface area (Å²) < 4.78 is 23.3. The first-order valence-electron chi connectivity index (χ1n) is 11.2. The highest BCUT2D eigenvalue weighted by Gasteiger charge is 2.36. The van der Waals surface area contributed by atoms with Gasteiger partial charge in [0.2, 0.25) is 5.91 Å². The minimum atomic E-state index is -1.07. The SMILES string of the molecule is COc1ccc([C@H](C(=O)NC2CCCCC2)N(C(=O)c2nsc(Cl)c2Cl)c2ccc(F)cc2)cc1. The van der Waals surface area contributed by atoms with Crippen molar-refractivity contribution in [2.24, 2.45) is 0 Å². The Morgan fingerprint density at radius 1 is 1.09 bits per heavy atom. The number of hydrogen-bond donors (Lipinski definition) is 1. The molecule has 6 nitrogen and oxygen atoms in total. The monoisotopic (exact) mass is 535 g/mol. The number of aromatic nitrogens is 1. The topological polar surface area (TPSA) is 71.5 Å². The molecule has 2 aromatic carbocycles. The highest BCUT2D eigenvalue weighted by Crippen LogP contribution is 2.35. The standard InChI is InChI=1S/C25H24Cl2FN3O3S/c1-34-19-13-7-15(8-14-19)22(24(32)29-17-5-3-2-4-6-17)31(18-11-9-16(28)10-12-18)25(33)21-20(26)23(27)35-30-21/h7-14,17,22H,2-6H2,1H3,(H,29,32)/t22-/m1/s1. The number of hydrogen-bond acceptors (Lipinski definition) is 5. The van der Waals surface area contributed by atoms with Crippen molar-refractivity contribution in [3.05, 3.63) is 75.0 Å². The summed E-state index contributed by atoms with van der Waals surface area (Å²) in [6.07, 6.45) is 4.95. The minimum Gasteiger partial charge on any atom is -0.497 e. The zero-order valence-electron chi connectivity index (χ0n) is 19.0. The first-order valence-corrected chi connectivity index (χ1v) is 12.8. The lowest BCUT2D eigenvalue weighted by molar-refractivity contribution is -0.123. The van der Waals surface area contributed by atoms with E-state index < -0.39 is 17.8 Å². The number of benzene rings is 2. The number of halogens is 3. The molecule has 2 amide bonds.